The van der Waals surface area contributed by atoms with Gasteiger partial charge in [-0.2, -0.15) is 0 Å². The lowest BCUT2D eigenvalue weighted by atomic mass is 10.2. The van der Waals surface area contributed by atoms with Crippen molar-refractivity contribution in [3.63, 3.8) is 0 Å². The van der Waals surface area contributed by atoms with E-state index in [0.29, 0.717) is 4.99 Å². The largest absolute Gasteiger partial charge is 0.379 e. The second-order valence-corrected chi connectivity index (χ2v) is 3.69. The fourth-order valence-corrected chi connectivity index (χ4v) is 1.54. The Labute approximate surface area is 88.4 Å². The molecule has 0 heterocycles. The Balaban J connectivity index is 3.13. The van der Waals surface area contributed by atoms with Crippen LogP contribution in [0.3, 0.4) is 0 Å². The quantitative estimate of drug-likeness (QED) is 0.490. The van der Waals surface area contributed by atoms with E-state index in [1.165, 1.54) is 0 Å². The maximum Gasteiger partial charge on any atom is 0.107 e. The maximum absolute atomic E-state index is 5.07. The van der Waals surface area contributed by atoms with Crippen molar-refractivity contribution in [1.82, 2.24) is 5.32 Å². The normalized spacial score (nSPS) is 9.58. The van der Waals surface area contributed by atoms with E-state index in [0.717, 1.165) is 15.4 Å². The Morgan fingerprint density at radius 1 is 1.42 bits per heavy atom. The van der Waals surface area contributed by atoms with Gasteiger partial charge in [0.25, 0.3) is 0 Å². The summed E-state index contributed by atoms with van der Waals surface area (Å²) in [5.74, 6) is 0. The highest BCUT2D eigenvalue weighted by Gasteiger charge is 2.03. The number of nitrogens with one attached hydrogen (secondary N) is 1. The molecule has 0 atom stereocenters. The van der Waals surface area contributed by atoms with Crippen LogP contribution in [0, 0.1) is 0 Å². The third-order valence-electron chi connectivity index (χ3n) is 1.45. The van der Waals surface area contributed by atoms with Gasteiger partial charge in [0.1, 0.15) is 4.99 Å². The zero-order valence-electron chi connectivity index (χ0n) is 6.53. The molecule has 1 aromatic rings. The van der Waals surface area contributed by atoms with Gasteiger partial charge >= 0.3 is 0 Å². The van der Waals surface area contributed by atoms with E-state index in [1.807, 2.05) is 18.2 Å². The average molecular weight is 215 g/mol. The molecule has 12 heavy (non-hydrogen) atoms. The molecule has 1 aromatic carbocycles. The van der Waals surface area contributed by atoms with Gasteiger partial charge in [-0.3, -0.25) is 0 Å². The molecule has 0 radical (unpaired) electrons. The van der Waals surface area contributed by atoms with Gasteiger partial charge in [0.05, 0.1) is 0 Å². The van der Waals surface area contributed by atoms with Crippen LogP contribution in [0.25, 0.3) is 0 Å². The van der Waals surface area contributed by atoms with Crippen LogP contribution in [-0.2, 0) is 0 Å². The molecular formula is C8H9NS3. The van der Waals surface area contributed by atoms with Crippen LogP contribution < -0.4 is 5.32 Å². The Morgan fingerprint density at radius 2 is 2.08 bits per heavy atom. The van der Waals surface area contributed by atoms with Crippen molar-refractivity contribution in [1.29, 1.82) is 0 Å². The maximum atomic E-state index is 5.07. The molecular weight excluding hydrogens is 206 g/mol. The van der Waals surface area contributed by atoms with Gasteiger partial charge < -0.3 is 5.32 Å². The molecule has 0 spiro atoms. The van der Waals surface area contributed by atoms with Crippen molar-refractivity contribution >= 4 is 42.5 Å². The summed E-state index contributed by atoms with van der Waals surface area (Å²) in [6, 6.07) is 5.65. The van der Waals surface area contributed by atoms with Crippen LogP contribution in [0.15, 0.2) is 28.0 Å². The zero-order chi connectivity index (χ0) is 9.14. The van der Waals surface area contributed by atoms with Crippen LogP contribution in [0.2, 0.25) is 0 Å². The number of benzene rings is 1. The lowest BCUT2D eigenvalue weighted by Crippen LogP contribution is -2.16. The molecule has 4 heteroatoms. The van der Waals surface area contributed by atoms with Crippen molar-refractivity contribution in [2.45, 2.75) is 9.79 Å². The van der Waals surface area contributed by atoms with Crippen molar-refractivity contribution < 1.29 is 0 Å². The van der Waals surface area contributed by atoms with Gasteiger partial charge in [-0.1, -0.05) is 12.2 Å². The van der Waals surface area contributed by atoms with E-state index >= 15 is 0 Å². The smallest absolute Gasteiger partial charge is 0.107 e. The number of hydrogen-bond donors (Lipinski definition) is 3. The summed E-state index contributed by atoms with van der Waals surface area (Å²) in [5.41, 5.74) is 0.920. The minimum absolute atomic E-state index is 0.691. The zero-order valence-corrected chi connectivity index (χ0v) is 9.14. The van der Waals surface area contributed by atoms with Crippen molar-refractivity contribution in [2.24, 2.45) is 0 Å². The van der Waals surface area contributed by atoms with Crippen molar-refractivity contribution in [3.05, 3.63) is 23.8 Å². The Morgan fingerprint density at radius 3 is 2.67 bits per heavy atom. The Hall–Kier alpha value is -0.190. The Bertz CT molecular complexity index is 309. The molecule has 0 saturated carbocycles. The summed E-state index contributed by atoms with van der Waals surface area (Å²) in [7, 11) is 1.79. The van der Waals surface area contributed by atoms with Crippen molar-refractivity contribution in [3.8, 4) is 0 Å². The van der Waals surface area contributed by atoms with Crippen LogP contribution in [0.5, 0.6) is 0 Å². The first-order chi connectivity index (χ1) is 5.65. The molecule has 1 nitrogen and oxygen atoms in total. The SMILES string of the molecule is CNC(=S)c1cc(S)ccc1S. The molecule has 0 amide bonds. The minimum atomic E-state index is 0.691. The molecule has 1 N–H and O–H groups in total. The fraction of sp³-hybridized carbons (Fsp3) is 0.125. The van der Waals surface area contributed by atoms with E-state index in [4.69, 9.17) is 12.2 Å². The molecule has 0 fully saturated rings. The van der Waals surface area contributed by atoms with Crippen LogP contribution in [0.1, 0.15) is 5.56 Å². The molecule has 0 aliphatic heterocycles. The van der Waals surface area contributed by atoms with E-state index in [2.05, 4.69) is 30.6 Å². The highest BCUT2D eigenvalue weighted by atomic mass is 32.1. The topological polar surface area (TPSA) is 12.0 Å². The third-order valence-corrected chi connectivity index (χ3v) is 2.54. The van der Waals surface area contributed by atoms with Crippen LogP contribution in [-0.4, -0.2) is 12.0 Å². The predicted molar refractivity (Wildman–Crippen MR) is 61.7 cm³/mol. The molecule has 64 valence electrons. The molecule has 0 bridgehead atoms. The molecule has 0 aliphatic rings. The van der Waals surface area contributed by atoms with Gasteiger partial charge in [0.2, 0.25) is 0 Å². The summed E-state index contributed by atoms with van der Waals surface area (Å²) in [4.78, 5) is 2.45. The van der Waals surface area contributed by atoms with Crippen molar-refractivity contribution in [2.75, 3.05) is 7.05 Å². The molecule has 1 rings (SSSR count). The predicted octanol–water partition coefficient (Wildman–Crippen LogP) is 2.16. The third kappa shape index (κ3) is 2.15. The highest BCUT2D eigenvalue weighted by molar-refractivity contribution is 7.82. The summed E-state index contributed by atoms with van der Waals surface area (Å²) in [5, 5.41) is 2.90. The first-order valence-corrected chi connectivity index (χ1v) is 4.69. The first-order valence-electron chi connectivity index (χ1n) is 3.39. The summed E-state index contributed by atoms with van der Waals surface area (Å²) in [6.07, 6.45) is 0. The first kappa shape index (κ1) is 9.89. The molecule has 0 aromatic heterocycles. The number of thiocarbonyl (C=S) groups is 1. The van der Waals surface area contributed by atoms with Gasteiger partial charge in [-0.25, -0.2) is 0 Å². The lowest BCUT2D eigenvalue weighted by Gasteiger charge is -2.06. The monoisotopic (exact) mass is 215 g/mol. The number of thiol groups is 2. The number of hydrogen-bond acceptors (Lipinski definition) is 3. The van der Waals surface area contributed by atoms with E-state index in [-0.39, 0.29) is 0 Å². The van der Waals surface area contributed by atoms with Crippen LogP contribution >= 0.6 is 37.5 Å². The van der Waals surface area contributed by atoms with E-state index in [1.54, 1.807) is 7.05 Å². The van der Waals surface area contributed by atoms with Crippen LogP contribution in [0.4, 0.5) is 0 Å². The van der Waals surface area contributed by atoms with Gasteiger partial charge in [-0.05, 0) is 18.2 Å². The molecule has 0 unspecified atom stereocenters. The lowest BCUT2D eigenvalue weighted by molar-refractivity contribution is 1.18. The summed E-state index contributed by atoms with van der Waals surface area (Å²) >= 11 is 13.6. The molecule has 0 aliphatic carbocycles. The second kappa shape index (κ2) is 4.16. The van der Waals surface area contributed by atoms with E-state index < -0.39 is 0 Å². The fourth-order valence-electron chi connectivity index (χ4n) is 0.841. The minimum Gasteiger partial charge on any atom is -0.379 e. The average Bonchev–Trinajstić information content (AvgIpc) is 2.08. The van der Waals surface area contributed by atoms with Gasteiger partial charge in [0, 0.05) is 22.4 Å². The van der Waals surface area contributed by atoms with Gasteiger partial charge in [-0.15, -0.1) is 25.3 Å². The highest BCUT2D eigenvalue weighted by Crippen LogP contribution is 2.18. The number of rotatable bonds is 1. The summed E-state index contributed by atoms with van der Waals surface area (Å²) in [6.45, 7) is 0. The Kier molecular flexibility index (Phi) is 3.43. The standard InChI is InChI=1S/C8H9NS3/c1-9-8(12)6-4-5(10)2-3-7(6)11/h2-4,10-11H,1H3,(H,9,12). The summed E-state index contributed by atoms with van der Waals surface area (Å²) < 4.78 is 0. The van der Waals surface area contributed by atoms with Gasteiger partial charge in [0.15, 0.2) is 0 Å². The molecule has 0 saturated heterocycles. The van der Waals surface area contributed by atoms with E-state index in [9.17, 15) is 0 Å². The second-order valence-electron chi connectivity index (χ2n) is 2.28.